The number of rotatable bonds is 3. The molecule has 0 radical (unpaired) electrons. The summed E-state index contributed by atoms with van der Waals surface area (Å²) < 4.78 is 11.0. The van der Waals surface area contributed by atoms with Crippen LogP contribution in [0, 0.1) is 0 Å². The van der Waals surface area contributed by atoms with Crippen molar-refractivity contribution in [3.8, 4) is 5.75 Å². The molecule has 2 N–H and O–H groups in total. The number of carbonyl (C=O) groups is 2. The third-order valence-corrected chi connectivity index (χ3v) is 4.19. The highest BCUT2D eigenvalue weighted by molar-refractivity contribution is 5.90. The van der Waals surface area contributed by atoms with Gasteiger partial charge in [-0.15, -0.1) is 0 Å². The first-order valence-corrected chi connectivity index (χ1v) is 7.68. The topological polar surface area (TPSA) is 88.1 Å². The average Bonchev–Trinajstić information content (AvgIpc) is 2.55. The highest BCUT2D eigenvalue weighted by atomic mass is 16.5. The lowest BCUT2D eigenvalue weighted by Gasteiger charge is -2.34. The molecule has 3 rings (SSSR count). The molecule has 0 saturated carbocycles. The van der Waals surface area contributed by atoms with E-state index in [2.05, 4.69) is 5.32 Å². The predicted molar refractivity (Wildman–Crippen MR) is 83.1 cm³/mol. The number of likely N-dealkylation sites (N-methyl/N-ethyl adjacent to an activating group) is 1. The molecule has 124 valence electrons. The number of hydrogen-bond acceptors (Lipinski definition) is 5. The zero-order valence-electron chi connectivity index (χ0n) is 12.9. The molecule has 0 bridgehead atoms. The number of ether oxygens (including phenoxy) is 2. The van der Waals surface area contributed by atoms with Gasteiger partial charge in [0, 0.05) is 26.3 Å². The van der Waals surface area contributed by atoms with Crippen molar-refractivity contribution in [1.29, 1.82) is 0 Å². The molecule has 0 aliphatic carbocycles. The Bertz CT molecular complexity index is 612. The van der Waals surface area contributed by atoms with E-state index in [4.69, 9.17) is 14.6 Å². The fourth-order valence-corrected chi connectivity index (χ4v) is 2.86. The second-order valence-corrected chi connectivity index (χ2v) is 5.87. The third-order valence-electron chi connectivity index (χ3n) is 4.19. The van der Waals surface area contributed by atoms with Gasteiger partial charge in [-0.2, -0.15) is 0 Å². The molecule has 0 spiro atoms. The lowest BCUT2D eigenvalue weighted by molar-refractivity contribution is -0.129. The van der Waals surface area contributed by atoms with E-state index in [0.717, 1.165) is 12.8 Å². The summed E-state index contributed by atoms with van der Waals surface area (Å²) in [4.78, 5) is 25.3. The minimum absolute atomic E-state index is 0.126. The fourth-order valence-electron chi connectivity index (χ4n) is 2.86. The van der Waals surface area contributed by atoms with E-state index in [1.165, 1.54) is 6.07 Å². The molecule has 2 aliphatic heterocycles. The minimum atomic E-state index is -0.986. The van der Waals surface area contributed by atoms with E-state index in [-0.39, 0.29) is 17.5 Å². The molecule has 7 nitrogen and oxygen atoms in total. The molecule has 2 heterocycles. The van der Waals surface area contributed by atoms with Gasteiger partial charge < -0.3 is 24.8 Å². The van der Waals surface area contributed by atoms with Gasteiger partial charge in [-0.25, -0.2) is 4.79 Å². The molecule has 7 heteroatoms. The van der Waals surface area contributed by atoms with Crippen LogP contribution in [-0.4, -0.2) is 55.9 Å². The van der Waals surface area contributed by atoms with Crippen LogP contribution in [0.2, 0.25) is 0 Å². The molecule has 1 fully saturated rings. The Balaban J connectivity index is 1.70. The van der Waals surface area contributed by atoms with Crippen LogP contribution in [-0.2, 0) is 9.53 Å². The normalized spacial score (nSPS) is 21.3. The van der Waals surface area contributed by atoms with Crippen molar-refractivity contribution in [2.75, 3.05) is 31.7 Å². The highest BCUT2D eigenvalue weighted by Crippen LogP contribution is 2.33. The molecule has 1 aromatic carbocycles. The van der Waals surface area contributed by atoms with Crippen molar-refractivity contribution < 1.29 is 24.2 Å². The van der Waals surface area contributed by atoms with E-state index in [9.17, 15) is 9.59 Å². The maximum Gasteiger partial charge on any atom is 0.335 e. The van der Waals surface area contributed by atoms with Crippen LogP contribution in [0.1, 0.15) is 23.2 Å². The third kappa shape index (κ3) is 3.39. The van der Waals surface area contributed by atoms with E-state index in [0.29, 0.717) is 31.2 Å². The molecular formula is C16H20N2O5. The number of carboxylic acid groups (broad SMARTS) is 1. The highest BCUT2D eigenvalue weighted by Gasteiger charge is 2.31. The average molecular weight is 320 g/mol. The lowest BCUT2D eigenvalue weighted by atomic mass is 10.1. The quantitative estimate of drug-likeness (QED) is 0.859. The Morgan fingerprint density at radius 2 is 2.04 bits per heavy atom. The van der Waals surface area contributed by atoms with Crippen LogP contribution in [0.5, 0.6) is 5.75 Å². The maximum atomic E-state index is 12.4. The van der Waals surface area contributed by atoms with Crippen LogP contribution in [0.3, 0.4) is 0 Å². The Hall–Kier alpha value is -2.28. The van der Waals surface area contributed by atoms with Gasteiger partial charge in [0.2, 0.25) is 0 Å². The molecule has 0 aromatic heterocycles. The second kappa shape index (κ2) is 6.45. The van der Waals surface area contributed by atoms with Gasteiger partial charge in [0.1, 0.15) is 5.75 Å². The molecular weight excluding hydrogens is 300 g/mol. The van der Waals surface area contributed by atoms with E-state index < -0.39 is 12.1 Å². The largest absolute Gasteiger partial charge is 0.478 e. The Morgan fingerprint density at radius 3 is 2.74 bits per heavy atom. The standard InChI is InChI=1S/C16H20N2O5/c1-18-9-14(15(19)17-11-4-6-22-7-5-11)23-13-3-2-10(16(20)21)8-12(13)18/h2-3,8,11,14H,4-7,9H2,1H3,(H,17,19)(H,20,21). The number of aromatic carboxylic acids is 1. The first-order chi connectivity index (χ1) is 11.0. The summed E-state index contributed by atoms with van der Waals surface area (Å²) in [5.41, 5.74) is 0.879. The minimum Gasteiger partial charge on any atom is -0.478 e. The number of benzene rings is 1. The summed E-state index contributed by atoms with van der Waals surface area (Å²) in [6.07, 6.45) is 1.02. The lowest BCUT2D eigenvalue weighted by Crippen LogP contribution is -2.51. The summed E-state index contributed by atoms with van der Waals surface area (Å²) in [6, 6.07) is 4.77. The molecule has 1 unspecified atom stereocenters. The number of hydrogen-bond donors (Lipinski definition) is 2. The van der Waals surface area contributed by atoms with Crippen LogP contribution < -0.4 is 15.0 Å². The first kappa shape index (κ1) is 15.6. The van der Waals surface area contributed by atoms with Crippen molar-refractivity contribution in [1.82, 2.24) is 5.32 Å². The number of nitrogens with zero attached hydrogens (tertiary/aromatic N) is 1. The van der Waals surface area contributed by atoms with Gasteiger partial charge in [-0.05, 0) is 31.0 Å². The smallest absolute Gasteiger partial charge is 0.335 e. The molecule has 23 heavy (non-hydrogen) atoms. The summed E-state index contributed by atoms with van der Waals surface area (Å²) in [7, 11) is 1.82. The van der Waals surface area contributed by atoms with Gasteiger partial charge >= 0.3 is 5.97 Å². The molecule has 1 atom stereocenters. The maximum absolute atomic E-state index is 12.4. The van der Waals surface area contributed by atoms with Crippen molar-refractivity contribution in [3.05, 3.63) is 23.8 Å². The number of carbonyl (C=O) groups excluding carboxylic acids is 1. The number of fused-ring (bicyclic) bond motifs is 1. The van der Waals surface area contributed by atoms with Gasteiger partial charge in [0.25, 0.3) is 5.91 Å². The van der Waals surface area contributed by atoms with Crippen molar-refractivity contribution in [3.63, 3.8) is 0 Å². The van der Waals surface area contributed by atoms with Crippen LogP contribution in [0.25, 0.3) is 0 Å². The second-order valence-electron chi connectivity index (χ2n) is 5.87. The number of anilines is 1. The van der Waals surface area contributed by atoms with Crippen molar-refractivity contribution in [2.45, 2.75) is 25.0 Å². The van der Waals surface area contributed by atoms with Gasteiger partial charge in [0.15, 0.2) is 6.10 Å². The summed E-state index contributed by atoms with van der Waals surface area (Å²) in [5, 5.41) is 12.1. The van der Waals surface area contributed by atoms with Gasteiger partial charge in [-0.1, -0.05) is 0 Å². The Labute approximate surface area is 134 Å². The van der Waals surface area contributed by atoms with E-state index >= 15 is 0 Å². The zero-order chi connectivity index (χ0) is 16.4. The zero-order valence-corrected chi connectivity index (χ0v) is 12.9. The molecule has 1 saturated heterocycles. The van der Waals surface area contributed by atoms with E-state index in [1.54, 1.807) is 12.1 Å². The van der Waals surface area contributed by atoms with Crippen molar-refractivity contribution in [2.24, 2.45) is 0 Å². The molecule has 2 aliphatic rings. The predicted octanol–water partition coefficient (Wildman–Crippen LogP) is 0.877. The van der Waals surface area contributed by atoms with Gasteiger partial charge in [0.05, 0.1) is 17.8 Å². The Kier molecular flexibility index (Phi) is 4.38. The van der Waals surface area contributed by atoms with Gasteiger partial charge in [-0.3, -0.25) is 4.79 Å². The van der Waals surface area contributed by atoms with Crippen LogP contribution in [0.4, 0.5) is 5.69 Å². The summed E-state index contributed by atoms with van der Waals surface area (Å²) in [5.74, 6) is -0.604. The number of amides is 1. The monoisotopic (exact) mass is 320 g/mol. The van der Waals surface area contributed by atoms with Crippen LogP contribution >= 0.6 is 0 Å². The van der Waals surface area contributed by atoms with E-state index in [1.807, 2.05) is 11.9 Å². The fraction of sp³-hybridized carbons (Fsp3) is 0.500. The number of carboxylic acids is 1. The Morgan fingerprint density at radius 1 is 1.30 bits per heavy atom. The molecule has 1 aromatic rings. The number of nitrogens with one attached hydrogen (secondary N) is 1. The SMILES string of the molecule is CN1CC(C(=O)NC2CCOCC2)Oc2ccc(C(=O)O)cc21. The van der Waals surface area contributed by atoms with Crippen molar-refractivity contribution >= 4 is 17.6 Å². The summed E-state index contributed by atoms with van der Waals surface area (Å²) >= 11 is 0. The molecule has 1 amide bonds. The first-order valence-electron chi connectivity index (χ1n) is 7.68. The van der Waals surface area contributed by atoms with Crippen LogP contribution in [0.15, 0.2) is 18.2 Å². The summed E-state index contributed by atoms with van der Waals surface area (Å²) in [6.45, 7) is 1.71.